The van der Waals surface area contributed by atoms with E-state index in [9.17, 15) is 4.79 Å². The van der Waals surface area contributed by atoms with E-state index >= 15 is 0 Å². The van der Waals surface area contributed by atoms with Crippen LogP contribution in [0, 0.1) is 12.5 Å². The minimum absolute atomic E-state index is 0.174. The van der Waals surface area contributed by atoms with Crippen LogP contribution >= 0.6 is 0 Å². The molecule has 0 saturated heterocycles. The topological polar surface area (TPSA) is 29.1 Å². The molecule has 1 radical (unpaired) electrons. The van der Waals surface area contributed by atoms with Gasteiger partial charge in [-0.2, -0.15) is 0 Å². The zero-order valence-corrected chi connectivity index (χ0v) is 8.39. The summed E-state index contributed by atoms with van der Waals surface area (Å²) >= 11 is 0. The molecule has 1 atom stereocenters. The molecule has 0 aromatic heterocycles. The number of rotatable bonds is 6. The maximum absolute atomic E-state index is 11.3. The molecule has 0 spiro atoms. The lowest BCUT2D eigenvalue weighted by atomic mass is 9.98. The molecule has 0 heterocycles. The molecule has 0 aliphatic carbocycles. The molecule has 2 heteroatoms. The molecule has 0 bridgehead atoms. The van der Waals surface area contributed by atoms with Crippen LogP contribution in [0.3, 0.4) is 0 Å². The number of carbonyl (C=O) groups is 1. The largest absolute Gasteiger partial charge is 0.351 e. The van der Waals surface area contributed by atoms with Gasteiger partial charge in [-0.25, -0.2) is 0 Å². The molecule has 1 amide bonds. The third-order valence-corrected chi connectivity index (χ3v) is 2.06. The molecule has 0 rings (SSSR count). The van der Waals surface area contributed by atoms with Crippen molar-refractivity contribution in [2.75, 3.05) is 0 Å². The van der Waals surface area contributed by atoms with E-state index in [4.69, 9.17) is 0 Å². The third kappa shape index (κ3) is 4.37. The fraction of sp³-hybridized carbons (Fsp3) is 0.800. The monoisotopic (exact) mass is 170 g/mol. The van der Waals surface area contributed by atoms with Crippen LogP contribution in [0.4, 0.5) is 0 Å². The van der Waals surface area contributed by atoms with Crippen molar-refractivity contribution in [3.63, 3.8) is 0 Å². The second-order valence-corrected chi connectivity index (χ2v) is 3.04. The summed E-state index contributed by atoms with van der Waals surface area (Å²) in [5.74, 6) is 0.384. The van der Waals surface area contributed by atoms with Gasteiger partial charge in [0.1, 0.15) is 0 Å². The minimum atomic E-state index is 0.174. The van der Waals surface area contributed by atoms with Crippen molar-refractivity contribution in [1.82, 2.24) is 5.32 Å². The summed E-state index contributed by atoms with van der Waals surface area (Å²) in [6, 6.07) is 0. The molecule has 0 aromatic rings. The highest BCUT2D eigenvalue weighted by atomic mass is 16.1. The summed E-state index contributed by atoms with van der Waals surface area (Å²) < 4.78 is 0. The Morgan fingerprint density at radius 3 is 2.58 bits per heavy atom. The Hall–Kier alpha value is -0.530. The van der Waals surface area contributed by atoms with E-state index in [2.05, 4.69) is 19.2 Å². The van der Waals surface area contributed by atoms with E-state index in [-0.39, 0.29) is 11.8 Å². The Kier molecular flexibility index (Phi) is 6.82. The fourth-order valence-electron chi connectivity index (χ4n) is 1.23. The van der Waals surface area contributed by atoms with Crippen LogP contribution in [0.2, 0.25) is 0 Å². The molecule has 0 fully saturated rings. The van der Waals surface area contributed by atoms with Gasteiger partial charge in [0, 0.05) is 12.5 Å². The van der Waals surface area contributed by atoms with Gasteiger partial charge < -0.3 is 5.32 Å². The average molecular weight is 170 g/mol. The first-order valence-electron chi connectivity index (χ1n) is 4.84. The lowest BCUT2D eigenvalue weighted by molar-refractivity contribution is -0.124. The fourth-order valence-corrected chi connectivity index (χ4v) is 1.23. The zero-order valence-electron chi connectivity index (χ0n) is 8.39. The second kappa shape index (κ2) is 7.14. The molecule has 0 saturated carbocycles. The molecular weight excluding hydrogens is 150 g/mol. The van der Waals surface area contributed by atoms with E-state index in [0.29, 0.717) is 0 Å². The van der Waals surface area contributed by atoms with Crippen molar-refractivity contribution in [1.29, 1.82) is 0 Å². The Morgan fingerprint density at radius 2 is 2.17 bits per heavy atom. The molecule has 12 heavy (non-hydrogen) atoms. The van der Waals surface area contributed by atoms with Gasteiger partial charge in [0.2, 0.25) is 5.91 Å². The number of carbonyl (C=O) groups excluding carboxylic acids is 1. The smallest absolute Gasteiger partial charge is 0.223 e. The molecule has 1 unspecified atom stereocenters. The molecule has 0 aliphatic heterocycles. The Balaban J connectivity index is 3.71. The second-order valence-electron chi connectivity index (χ2n) is 3.04. The summed E-state index contributed by atoms with van der Waals surface area (Å²) in [4.78, 5) is 11.3. The predicted molar refractivity (Wildman–Crippen MR) is 51.4 cm³/mol. The first-order chi connectivity index (χ1) is 5.76. The van der Waals surface area contributed by atoms with Gasteiger partial charge in [0.05, 0.1) is 0 Å². The van der Waals surface area contributed by atoms with E-state index < -0.39 is 0 Å². The van der Waals surface area contributed by atoms with Crippen LogP contribution in [-0.4, -0.2) is 5.91 Å². The van der Waals surface area contributed by atoms with Crippen molar-refractivity contribution in [3.05, 3.63) is 6.54 Å². The maximum atomic E-state index is 11.3. The van der Waals surface area contributed by atoms with E-state index in [1.54, 1.807) is 6.54 Å². The lowest BCUT2D eigenvalue weighted by Gasteiger charge is -2.12. The lowest BCUT2D eigenvalue weighted by Crippen LogP contribution is -2.27. The summed E-state index contributed by atoms with van der Waals surface area (Å²) in [5.41, 5.74) is 0. The molecule has 0 aliphatic rings. The van der Waals surface area contributed by atoms with Gasteiger partial charge in [0.15, 0.2) is 0 Å². The van der Waals surface area contributed by atoms with Crippen LogP contribution in [0.15, 0.2) is 0 Å². The standard InChI is InChI=1S/C10H20NO/c1-4-7-8-9(5-2)10(12)11-6-3/h6,9H,4-5,7-8H2,1-3H3,(H,11,12). The predicted octanol–water partition coefficient (Wildman–Crippen LogP) is 2.50. The molecular formula is C10H20NO. The molecule has 71 valence electrons. The van der Waals surface area contributed by atoms with Gasteiger partial charge in [-0.1, -0.05) is 26.7 Å². The number of hydrogen-bond donors (Lipinski definition) is 1. The van der Waals surface area contributed by atoms with Crippen molar-refractivity contribution >= 4 is 5.91 Å². The van der Waals surface area contributed by atoms with Gasteiger partial charge >= 0.3 is 0 Å². The number of nitrogens with one attached hydrogen (secondary N) is 1. The van der Waals surface area contributed by atoms with Crippen LogP contribution in [0.5, 0.6) is 0 Å². The molecule has 0 aromatic carbocycles. The summed E-state index contributed by atoms with van der Waals surface area (Å²) in [5, 5.41) is 2.74. The van der Waals surface area contributed by atoms with Crippen molar-refractivity contribution in [2.24, 2.45) is 5.92 Å². The Bertz CT molecular complexity index is 123. The first-order valence-corrected chi connectivity index (χ1v) is 4.84. The van der Waals surface area contributed by atoms with E-state index in [1.807, 2.05) is 6.92 Å². The van der Waals surface area contributed by atoms with Crippen LogP contribution < -0.4 is 5.32 Å². The van der Waals surface area contributed by atoms with Gasteiger partial charge in [0.25, 0.3) is 0 Å². The van der Waals surface area contributed by atoms with E-state index in [0.717, 1.165) is 19.3 Å². The first kappa shape index (κ1) is 11.5. The SMILES string of the molecule is C[CH]NC(=O)C(CC)CCCC. The quantitative estimate of drug-likeness (QED) is 0.652. The minimum Gasteiger partial charge on any atom is -0.351 e. The average Bonchev–Trinajstić information content (AvgIpc) is 2.06. The number of unbranched alkanes of at least 4 members (excludes halogenated alkanes) is 1. The van der Waals surface area contributed by atoms with E-state index in [1.165, 1.54) is 6.42 Å². The van der Waals surface area contributed by atoms with Crippen molar-refractivity contribution in [3.8, 4) is 0 Å². The molecule has 2 nitrogen and oxygen atoms in total. The summed E-state index contributed by atoms with van der Waals surface area (Å²) in [6.45, 7) is 7.76. The number of amides is 1. The third-order valence-electron chi connectivity index (χ3n) is 2.06. The van der Waals surface area contributed by atoms with Crippen LogP contribution in [0.25, 0.3) is 0 Å². The normalized spacial score (nSPS) is 12.6. The van der Waals surface area contributed by atoms with Crippen molar-refractivity contribution in [2.45, 2.75) is 46.5 Å². The maximum Gasteiger partial charge on any atom is 0.223 e. The Labute approximate surface area is 75.7 Å². The van der Waals surface area contributed by atoms with Crippen LogP contribution in [-0.2, 0) is 4.79 Å². The number of hydrogen-bond acceptors (Lipinski definition) is 1. The summed E-state index contributed by atoms with van der Waals surface area (Å²) in [6.07, 6.45) is 4.28. The highest BCUT2D eigenvalue weighted by Gasteiger charge is 2.13. The van der Waals surface area contributed by atoms with Gasteiger partial charge in [-0.3, -0.25) is 4.79 Å². The summed E-state index contributed by atoms with van der Waals surface area (Å²) in [7, 11) is 0. The zero-order chi connectivity index (χ0) is 9.40. The Morgan fingerprint density at radius 1 is 1.50 bits per heavy atom. The van der Waals surface area contributed by atoms with Crippen LogP contribution in [0.1, 0.15) is 46.5 Å². The highest BCUT2D eigenvalue weighted by Crippen LogP contribution is 2.12. The highest BCUT2D eigenvalue weighted by molar-refractivity contribution is 5.79. The van der Waals surface area contributed by atoms with Gasteiger partial charge in [-0.15, -0.1) is 0 Å². The van der Waals surface area contributed by atoms with Gasteiger partial charge in [-0.05, 0) is 19.8 Å². The molecule has 1 N–H and O–H groups in total. The van der Waals surface area contributed by atoms with Crippen molar-refractivity contribution < 1.29 is 4.79 Å².